The Morgan fingerprint density at radius 1 is 1.32 bits per heavy atom. The first kappa shape index (κ1) is 19.2. The minimum Gasteiger partial charge on any atom is -0.496 e. The number of hydrogen-bond donors (Lipinski definition) is 1. The Bertz CT molecular complexity index is 583. The molecule has 1 aliphatic rings. The highest BCUT2D eigenvalue weighted by atomic mass is 16.5. The lowest BCUT2D eigenvalue weighted by molar-refractivity contribution is -0.148. The van der Waals surface area contributed by atoms with E-state index < -0.39 is 5.97 Å². The third-order valence-electron chi connectivity index (χ3n) is 4.54. The Balaban J connectivity index is 1.99. The first-order chi connectivity index (χ1) is 12.0. The number of carbonyl (C=O) groups excluding carboxylic acids is 1. The van der Waals surface area contributed by atoms with Crippen molar-refractivity contribution in [2.75, 3.05) is 26.9 Å². The van der Waals surface area contributed by atoms with Crippen LogP contribution in [0, 0.1) is 5.92 Å². The normalized spacial score (nSPS) is 16.2. The molecule has 0 saturated carbocycles. The van der Waals surface area contributed by atoms with Crippen molar-refractivity contribution in [1.82, 2.24) is 4.90 Å². The molecule has 1 aromatic rings. The standard InChI is InChI=1S/C19H27NO5/c1-14(11-15-5-3-4-6-17(15)24-2)12-18(21)20(13-19(22)23)16-7-9-25-10-8-16/h3-6,14,16H,7-13H2,1-2H3,(H,22,23). The molecular formula is C19H27NO5. The van der Waals surface area contributed by atoms with E-state index in [1.807, 2.05) is 31.2 Å². The molecule has 1 aliphatic heterocycles. The van der Waals surface area contributed by atoms with E-state index in [9.17, 15) is 9.59 Å². The Morgan fingerprint density at radius 2 is 2.00 bits per heavy atom. The van der Waals surface area contributed by atoms with Crippen LogP contribution in [0.3, 0.4) is 0 Å². The molecule has 0 bridgehead atoms. The van der Waals surface area contributed by atoms with Crippen molar-refractivity contribution in [2.24, 2.45) is 5.92 Å². The summed E-state index contributed by atoms with van der Waals surface area (Å²) in [4.78, 5) is 25.4. The van der Waals surface area contributed by atoms with Crippen LogP contribution in [0.4, 0.5) is 0 Å². The number of aliphatic carboxylic acids is 1. The van der Waals surface area contributed by atoms with Crippen molar-refractivity contribution in [2.45, 2.75) is 38.6 Å². The number of carboxylic acid groups (broad SMARTS) is 1. The zero-order chi connectivity index (χ0) is 18.2. The van der Waals surface area contributed by atoms with Gasteiger partial charge in [0, 0.05) is 25.7 Å². The van der Waals surface area contributed by atoms with Crippen molar-refractivity contribution < 1.29 is 24.2 Å². The molecule has 1 fully saturated rings. The van der Waals surface area contributed by atoms with E-state index in [1.165, 1.54) is 4.90 Å². The molecule has 6 heteroatoms. The van der Waals surface area contributed by atoms with Crippen molar-refractivity contribution in [3.63, 3.8) is 0 Å². The van der Waals surface area contributed by atoms with Gasteiger partial charge in [-0.2, -0.15) is 0 Å². The average molecular weight is 349 g/mol. The van der Waals surface area contributed by atoms with Gasteiger partial charge in [0.25, 0.3) is 0 Å². The predicted molar refractivity (Wildman–Crippen MR) is 93.7 cm³/mol. The molecule has 1 aromatic carbocycles. The molecule has 1 heterocycles. The van der Waals surface area contributed by atoms with Crippen LogP contribution in [0.1, 0.15) is 31.7 Å². The van der Waals surface area contributed by atoms with E-state index in [0.717, 1.165) is 11.3 Å². The number of hydrogen-bond acceptors (Lipinski definition) is 4. The maximum absolute atomic E-state index is 12.7. The van der Waals surface area contributed by atoms with Crippen molar-refractivity contribution >= 4 is 11.9 Å². The van der Waals surface area contributed by atoms with Crippen LogP contribution in [0.25, 0.3) is 0 Å². The van der Waals surface area contributed by atoms with Crippen molar-refractivity contribution in [1.29, 1.82) is 0 Å². The monoisotopic (exact) mass is 349 g/mol. The van der Waals surface area contributed by atoms with E-state index in [1.54, 1.807) is 7.11 Å². The molecule has 0 aromatic heterocycles. The fourth-order valence-corrected chi connectivity index (χ4v) is 3.30. The van der Waals surface area contributed by atoms with Crippen molar-refractivity contribution in [3.05, 3.63) is 29.8 Å². The van der Waals surface area contributed by atoms with Gasteiger partial charge in [-0.3, -0.25) is 9.59 Å². The van der Waals surface area contributed by atoms with Crippen LogP contribution in [-0.2, 0) is 20.7 Å². The van der Waals surface area contributed by atoms with Gasteiger partial charge < -0.3 is 19.5 Å². The Hall–Kier alpha value is -2.08. The molecule has 1 unspecified atom stereocenters. The smallest absolute Gasteiger partial charge is 0.323 e. The summed E-state index contributed by atoms with van der Waals surface area (Å²) >= 11 is 0. The van der Waals surface area contributed by atoms with Gasteiger partial charge in [0.2, 0.25) is 5.91 Å². The van der Waals surface area contributed by atoms with Gasteiger partial charge >= 0.3 is 5.97 Å². The van der Waals surface area contributed by atoms with Crippen molar-refractivity contribution in [3.8, 4) is 5.75 Å². The van der Waals surface area contributed by atoms with Gasteiger partial charge in [-0.05, 0) is 36.8 Å². The summed E-state index contributed by atoms with van der Waals surface area (Å²) in [5, 5.41) is 9.16. The summed E-state index contributed by atoms with van der Waals surface area (Å²) in [6.45, 7) is 2.91. The molecule has 1 N–H and O–H groups in total. The predicted octanol–water partition coefficient (Wildman–Crippen LogP) is 2.36. The maximum Gasteiger partial charge on any atom is 0.323 e. The number of amides is 1. The number of para-hydroxylation sites is 1. The second kappa shape index (κ2) is 9.42. The minimum atomic E-state index is -0.975. The first-order valence-electron chi connectivity index (χ1n) is 8.72. The van der Waals surface area contributed by atoms with Gasteiger partial charge in [-0.1, -0.05) is 25.1 Å². The van der Waals surface area contributed by atoms with Crippen LogP contribution in [0.15, 0.2) is 24.3 Å². The largest absolute Gasteiger partial charge is 0.496 e. The highest BCUT2D eigenvalue weighted by Gasteiger charge is 2.28. The number of methoxy groups -OCH3 is 1. The summed E-state index contributed by atoms with van der Waals surface area (Å²) in [6, 6.07) is 7.72. The molecule has 0 aliphatic carbocycles. The highest BCUT2D eigenvalue weighted by Crippen LogP contribution is 2.23. The summed E-state index contributed by atoms with van der Waals surface area (Å²) in [6.07, 6.45) is 2.42. The fraction of sp³-hybridized carbons (Fsp3) is 0.579. The second-order valence-corrected chi connectivity index (χ2v) is 6.58. The van der Waals surface area contributed by atoms with E-state index in [2.05, 4.69) is 0 Å². The Morgan fingerprint density at radius 3 is 2.64 bits per heavy atom. The molecule has 1 amide bonds. The van der Waals surface area contributed by atoms with Gasteiger partial charge in [-0.25, -0.2) is 0 Å². The molecular weight excluding hydrogens is 322 g/mol. The lowest BCUT2D eigenvalue weighted by Gasteiger charge is -2.34. The number of rotatable bonds is 8. The van der Waals surface area contributed by atoms with Gasteiger partial charge in [0.1, 0.15) is 12.3 Å². The van der Waals surface area contributed by atoms with Crippen LogP contribution in [-0.4, -0.2) is 54.8 Å². The number of benzene rings is 1. The zero-order valence-electron chi connectivity index (χ0n) is 14.9. The average Bonchev–Trinajstić information content (AvgIpc) is 2.60. The molecule has 0 spiro atoms. The van der Waals surface area contributed by atoms with E-state index in [0.29, 0.717) is 38.9 Å². The van der Waals surface area contributed by atoms with Gasteiger partial charge in [0.15, 0.2) is 0 Å². The molecule has 0 radical (unpaired) electrons. The number of ether oxygens (including phenoxy) is 2. The number of carbonyl (C=O) groups is 2. The molecule has 25 heavy (non-hydrogen) atoms. The Kier molecular flexibility index (Phi) is 7.25. The molecule has 138 valence electrons. The van der Waals surface area contributed by atoms with Gasteiger partial charge in [-0.15, -0.1) is 0 Å². The summed E-state index contributed by atoms with van der Waals surface area (Å²) in [7, 11) is 1.63. The Labute approximate surface area is 148 Å². The summed E-state index contributed by atoms with van der Waals surface area (Å²) in [5.74, 6) is -0.164. The third kappa shape index (κ3) is 5.74. The number of nitrogens with zero attached hydrogens (tertiary/aromatic N) is 1. The van der Waals surface area contributed by atoms with E-state index in [4.69, 9.17) is 14.6 Å². The van der Waals surface area contributed by atoms with Crippen LogP contribution < -0.4 is 4.74 Å². The van der Waals surface area contributed by atoms with E-state index >= 15 is 0 Å². The summed E-state index contributed by atoms with van der Waals surface area (Å²) in [5.41, 5.74) is 1.06. The quantitative estimate of drug-likeness (QED) is 0.780. The lowest BCUT2D eigenvalue weighted by Crippen LogP contribution is -2.46. The number of carboxylic acids is 1. The zero-order valence-corrected chi connectivity index (χ0v) is 14.9. The molecule has 1 atom stereocenters. The van der Waals surface area contributed by atoms with E-state index in [-0.39, 0.29) is 24.4 Å². The summed E-state index contributed by atoms with van der Waals surface area (Å²) < 4.78 is 10.7. The molecule has 2 rings (SSSR count). The fourth-order valence-electron chi connectivity index (χ4n) is 3.30. The molecule has 1 saturated heterocycles. The van der Waals surface area contributed by atoms with Gasteiger partial charge in [0.05, 0.1) is 7.11 Å². The van der Waals surface area contributed by atoms with Crippen LogP contribution >= 0.6 is 0 Å². The highest BCUT2D eigenvalue weighted by molar-refractivity contribution is 5.81. The minimum absolute atomic E-state index is 0.0455. The second-order valence-electron chi connectivity index (χ2n) is 6.58. The van der Waals surface area contributed by atoms with Crippen LogP contribution in [0.2, 0.25) is 0 Å². The maximum atomic E-state index is 12.7. The topological polar surface area (TPSA) is 76.1 Å². The third-order valence-corrected chi connectivity index (χ3v) is 4.54. The first-order valence-corrected chi connectivity index (χ1v) is 8.72. The lowest BCUT2D eigenvalue weighted by atomic mass is 9.96. The molecule has 6 nitrogen and oxygen atoms in total. The SMILES string of the molecule is COc1ccccc1CC(C)CC(=O)N(CC(=O)O)C1CCOCC1. The van der Waals surface area contributed by atoms with Crippen LogP contribution in [0.5, 0.6) is 5.75 Å².